The number of furan rings is 1. The Bertz CT molecular complexity index is 548. The summed E-state index contributed by atoms with van der Waals surface area (Å²) in [5.41, 5.74) is 9.71. The lowest BCUT2D eigenvalue weighted by atomic mass is 9.96. The van der Waals surface area contributed by atoms with Crippen LogP contribution < -0.4 is 5.73 Å². The molecule has 2 heterocycles. The molecular weight excluding hydrogens is 236 g/mol. The van der Waals surface area contributed by atoms with Gasteiger partial charge in [-0.1, -0.05) is 19.1 Å². The van der Waals surface area contributed by atoms with Gasteiger partial charge < -0.3 is 10.2 Å². The van der Waals surface area contributed by atoms with Crippen LogP contribution in [0.4, 0.5) is 5.69 Å². The molecule has 1 atom stereocenters. The molecule has 1 unspecified atom stereocenters. The van der Waals surface area contributed by atoms with E-state index in [0.29, 0.717) is 6.04 Å². The Morgan fingerprint density at radius 2 is 2.21 bits per heavy atom. The van der Waals surface area contributed by atoms with Gasteiger partial charge in [0.2, 0.25) is 0 Å². The van der Waals surface area contributed by atoms with E-state index in [4.69, 9.17) is 10.2 Å². The molecule has 3 nitrogen and oxygen atoms in total. The minimum atomic E-state index is 0.350. The van der Waals surface area contributed by atoms with Gasteiger partial charge in [-0.2, -0.15) is 0 Å². The zero-order valence-corrected chi connectivity index (χ0v) is 11.3. The van der Waals surface area contributed by atoms with Crippen LogP contribution in [0.1, 0.15) is 36.3 Å². The quantitative estimate of drug-likeness (QED) is 0.856. The Morgan fingerprint density at radius 1 is 1.32 bits per heavy atom. The predicted octanol–water partition coefficient (Wildman–Crippen LogP) is 3.37. The molecule has 0 radical (unpaired) electrons. The fraction of sp³-hybridized carbons (Fsp3) is 0.375. The SMILES string of the molecule is CCC(c1ccco1)N1CCc2cccc(N)c2C1. The molecule has 19 heavy (non-hydrogen) atoms. The van der Waals surface area contributed by atoms with Crippen molar-refractivity contribution in [2.24, 2.45) is 0 Å². The number of hydrogen-bond acceptors (Lipinski definition) is 3. The van der Waals surface area contributed by atoms with Crippen molar-refractivity contribution in [3.05, 3.63) is 53.5 Å². The summed E-state index contributed by atoms with van der Waals surface area (Å²) >= 11 is 0. The van der Waals surface area contributed by atoms with E-state index in [1.807, 2.05) is 18.2 Å². The zero-order chi connectivity index (χ0) is 13.2. The summed E-state index contributed by atoms with van der Waals surface area (Å²) in [6, 6.07) is 10.6. The first-order valence-electron chi connectivity index (χ1n) is 6.93. The van der Waals surface area contributed by atoms with Gasteiger partial charge in [-0.15, -0.1) is 0 Å². The van der Waals surface area contributed by atoms with Crippen molar-refractivity contribution in [3.63, 3.8) is 0 Å². The minimum Gasteiger partial charge on any atom is -0.468 e. The average molecular weight is 256 g/mol. The molecule has 0 saturated carbocycles. The Morgan fingerprint density at radius 3 is 2.95 bits per heavy atom. The maximum absolute atomic E-state index is 6.11. The van der Waals surface area contributed by atoms with Gasteiger partial charge >= 0.3 is 0 Å². The first-order valence-corrected chi connectivity index (χ1v) is 6.93. The van der Waals surface area contributed by atoms with E-state index in [1.54, 1.807) is 6.26 Å². The van der Waals surface area contributed by atoms with Gasteiger partial charge in [0.25, 0.3) is 0 Å². The number of fused-ring (bicyclic) bond motifs is 1. The van der Waals surface area contributed by atoms with Gasteiger partial charge in [-0.25, -0.2) is 0 Å². The highest BCUT2D eigenvalue weighted by Gasteiger charge is 2.26. The molecule has 3 heteroatoms. The molecule has 100 valence electrons. The lowest BCUT2D eigenvalue weighted by molar-refractivity contribution is 0.154. The predicted molar refractivity (Wildman–Crippen MR) is 76.7 cm³/mol. The van der Waals surface area contributed by atoms with Crippen LogP contribution >= 0.6 is 0 Å². The first kappa shape index (κ1) is 12.3. The van der Waals surface area contributed by atoms with Crippen molar-refractivity contribution in [1.29, 1.82) is 0 Å². The molecule has 0 saturated heterocycles. The highest BCUT2D eigenvalue weighted by molar-refractivity contribution is 5.51. The second-order valence-electron chi connectivity index (χ2n) is 5.14. The molecule has 2 aromatic rings. The monoisotopic (exact) mass is 256 g/mol. The van der Waals surface area contributed by atoms with Gasteiger partial charge in [0.15, 0.2) is 0 Å². The lowest BCUT2D eigenvalue weighted by Crippen LogP contribution is -2.34. The Kier molecular flexibility index (Phi) is 3.30. The van der Waals surface area contributed by atoms with Crippen LogP contribution in [0.15, 0.2) is 41.0 Å². The highest BCUT2D eigenvalue weighted by Crippen LogP contribution is 2.32. The molecule has 0 aliphatic carbocycles. The molecule has 3 rings (SSSR count). The van der Waals surface area contributed by atoms with Crippen molar-refractivity contribution in [1.82, 2.24) is 4.90 Å². The summed E-state index contributed by atoms with van der Waals surface area (Å²) in [6.07, 6.45) is 3.87. The van der Waals surface area contributed by atoms with Crippen molar-refractivity contribution >= 4 is 5.69 Å². The summed E-state index contributed by atoms with van der Waals surface area (Å²) in [7, 11) is 0. The second-order valence-corrected chi connectivity index (χ2v) is 5.14. The van der Waals surface area contributed by atoms with E-state index < -0.39 is 0 Å². The molecule has 1 aromatic heterocycles. The van der Waals surface area contributed by atoms with Crippen molar-refractivity contribution in [2.45, 2.75) is 32.4 Å². The van der Waals surface area contributed by atoms with Crippen molar-refractivity contribution in [3.8, 4) is 0 Å². The van der Waals surface area contributed by atoms with Crippen LogP contribution in [0.5, 0.6) is 0 Å². The average Bonchev–Trinajstić information content (AvgIpc) is 2.94. The number of benzene rings is 1. The van der Waals surface area contributed by atoms with Crippen LogP contribution in [-0.2, 0) is 13.0 Å². The Hall–Kier alpha value is -1.74. The number of anilines is 1. The maximum Gasteiger partial charge on any atom is 0.120 e. The second kappa shape index (κ2) is 5.10. The molecule has 1 aromatic carbocycles. The van der Waals surface area contributed by atoms with Crippen LogP contribution in [0.2, 0.25) is 0 Å². The third kappa shape index (κ3) is 2.26. The maximum atomic E-state index is 6.11. The van der Waals surface area contributed by atoms with E-state index in [-0.39, 0.29) is 0 Å². The summed E-state index contributed by atoms with van der Waals surface area (Å²) in [5, 5.41) is 0. The van der Waals surface area contributed by atoms with Crippen LogP contribution in [0.3, 0.4) is 0 Å². The molecule has 0 spiro atoms. The van der Waals surface area contributed by atoms with E-state index in [1.165, 1.54) is 11.1 Å². The van der Waals surface area contributed by atoms with Crippen molar-refractivity contribution < 1.29 is 4.42 Å². The summed E-state index contributed by atoms with van der Waals surface area (Å²) in [5.74, 6) is 1.06. The van der Waals surface area contributed by atoms with E-state index in [9.17, 15) is 0 Å². The van der Waals surface area contributed by atoms with Crippen LogP contribution in [-0.4, -0.2) is 11.4 Å². The molecule has 0 bridgehead atoms. The largest absolute Gasteiger partial charge is 0.468 e. The van der Waals surface area contributed by atoms with Gasteiger partial charge in [0.1, 0.15) is 5.76 Å². The molecule has 1 aliphatic heterocycles. The summed E-state index contributed by atoms with van der Waals surface area (Å²) in [4.78, 5) is 2.47. The van der Waals surface area contributed by atoms with Crippen LogP contribution in [0, 0.1) is 0 Å². The normalized spacial score (nSPS) is 17.1. The molecule has 2 N–H and O–H groups in total. The molecular formula is C16H20N2O. The van der Waals surface area contributed by atoms with E-state index in [2.05, 4.69) is 24.0 Å². The number of rotatable bonds is 3. The van der Waals surface area contributed by atoms with Gasteiger partial charge in [-0.05, 0) is 42.2 Å². The van der Waals surface area contributed by atoms with E-state index in [0.717, 1.165) is 37.4 Å². The fourth-order valence-electron chi connectivity index (χ4n) is 3.01. The molecule has 0 amide bonds. The number of nitrogen functional groups attached to an aromatic ring is 1. The Labute approximate surface area is 114 Å². The standard InChI is InChI=1S/C16H20N2O/c1-2-15(16-7-4-10-19-16)18-9-8-12-5-3-6-14(17)13(12)11-18/h3-7,10,15H,2,8-9,11,17H2,1H3. The molecule has 0 fully saturated rings. The Balaban J connectivity index is 1.87. The third-order valence-corrected chi connectivity index (χ3v) is 4.04. The molecule has 1 aliphatic rings. The van der Waals surface area contributed by atoms with Gasteiger partial charge in [0, 0.05) is 18.8 Å². The zero-order valence-electron chi connectivity index (χ0n) is 11.3. The minimum absolute atomic E-state index is 0.350. The van der Waals surface area contributed by atoms with Crippen molar-refractivity contribution in [2.75, 3.05) is 12.3 Å². The third-order valence-electron chi connectivity index (χ3n) is 4.04. The number of hydrogen-bond donors (Lipinski definition) is 1. The first-order chi connectivity index (χ1) is 9.29. The number of nitrogens with two attached hydrogens (primary N) is 1. The lowest BCUT2D eigenvalue weighted by Gasteiger charge is -2.34. The van der Waals surface area contributed by atoms with Gasteiger partial charge in [0.05, 0.1) is 12.3 Å². The summed E-state index contributed by atoms with van der Waals surface area (Å²) < 4.78 is 5.59. The van der Waals surface area contributed by atoms with Gasteiger partial charge in [-0.3, -0.25) is 4.90 Å². The smallest absolute Gasteiger partial charge is 0.120 e. The topological polar surface area (TPSA) is 42.4 Å². The van der Waals surface area contributed by atoms with Crippen LogP contribution in [0.25, 0.3) is 0 Å². The fourth-order valence-corrected chi connectivity index (χ4v) is 3.01. The summed E-state index contributed by atoms with van der Waals surface area (Å²) in [6.45, 7) is 4.19. The highest BCUT2D eigenvalue weighted by atomic mass is 16.3. The van der Waals surface area contributed by atoms with E-state index >= 15 is 0 Å². The number of nitrogens with zero attached hydrogens (tertiary/aromatic N) is 1.